The molecule has 1 aliphatic rings. The average Bonchev–Trinajstić information content (AvgIpc) is 3.33. The predicted molar refractivity (Wildman–Crippen MR) is 120 cm³/mol. The van der Waals surface area contributed by atoms with E-state index in [1.54, 1.807) is 13.1 Å². The molecule has 0 spiro atoms. The third-order valence-electron chi connectivity index (χ3n) is 5.46. The van der Waals surface area contributed by atoms with Gasteiger partial charge in [0.2, 0.25) is 23.6 Å². The van der Waals surface area contributed by atoms with Gasteiger partial charge < -0.3 is 16.0 Å². The van der Waals surface area contributed by atoms with Crippen LogP contribution in [0.2, 0.25) is 5.02 Å². The summed E-state index contributed by atoms with van der Waals surface area (Å²) in [5.41, 5.74) is 1.59. The molecule has 1 aromatic carbocycles. The monoisotopic (exact) mass is 456 g/mol. The Kier molecular flexibility index (Phi) is 6.74. The van der Waals surface area contributed by atoms with Crippen LogP contribution in [0.15, 0.2) is 18.2 Å². The van der Waals surface area contributed by atoms with E-state index >= 15 is 0 Å². The highest BCUT2D eigenvalue weighted by atomic mass is 35.5. The molecule has 1 fully saturated rings. The van der Waals surface area contributed by atoms with Crippen molar-refractivity contribution in [1.29, 1.82) is 0 Å². The fraction of sp³-hybridized carbons (Fsp3) is 0.450. The first-order valence-corrected chi connectivity index (χ1v) is 10.9. The van der Waals surface area contributed by atoms with E-state index in [0.29, 0.717) is 35.1 Å². The molecule has 3 aromatic rings. The molecule has 2 atom stereocenters. The number of aromatic nitrogens is 7. The molecule has 4 N–H and O–H groups in total. The third kappa shape index (κ3) is 5.28. The summed E-state index contributed by atoms with van der Waals surface area (Å²) in [6, 6.07) is 5.62. The summed E-state index contributed by atoms with van der Waals surface area (Å²) >= 11 is 6.39. The Balaban J connectivity index is 1.33. The summed E-state index contributed by atoms with van der Waals surface area (Å²) < 4.78 is 0. The topological polar surface area (TPSA) is 146 Å². The summed E-state index contributed by atoms with van der Waals surface area (Å²) in [4.78, 5) is 25.7. The summed E-state index contributed by atoms with van der Waals surface area (Å²) in [6.45, 7) is 2.18. The Morgan fingerprint density at radius 1 is 1.22 bits per heavy atom. The Hall–Kier alpha value is -3.34. The van der Waals surface area contributed by atoms with E-state index in [4.69, 9.17) is 11.6 Å². The van der Waals surface area contributed by atoms with Gasteiger partial charge in [-0.15, -0.1) is 10.2 Å². The minimum absolute atomic E-state index is 0.0255. The molecule has 0 aliphatic heterocycles. The lowest BCUT2D eigenvalue weighted by Gasteiger charge is -2.29. The fourth-order valence-electron chi connectivity index (χ4n) is 3.84. The number of anilines is 2. The van der Waals surface area contributed by atoms with Gasteiger partial charge in [0.15, 0.2) is 0 Å². The van der Waals surface area contributed by atoms with E-state index in [1.165, 1.54) is 0 Å². The van der Waals surface area contributed by atoms with Crippen LogP contribution in [0.1, 0.15) is 37.1 Å². The molecule has 0 saturated heterocycles. The van der Waals surface area contributed by atoms with Crippen molar-refractivity contribution in [2.75, 3.05) is 17.7 Å². The van der Waals surface area contributed by atoms with Crippen LogP contribution in [0, 0.1) is 12.8 Å². The standard InChI is InChI=1S/C20H25ClN10O/c1-11-24-19(22-2)27-20(25-11)26-15-5-3-4-13(8-15)18(32)23-10-14-7-6-12(9-16(14)21)17-28-30-31-29-17/h6-7,9,13,15H,3-5,8,10H2,1-2H3,(H,23,32)(H,28,29,30,31)(H2,22,24,25,26,27)/t13-,15+/m1/s1. The second kappa shape index (κ2) is 9.86. The number of benzene rings is 1. The first-order chi connectivity index (χ1) is 15.5. The van der Waals surface area contributed by atoms with Crippen molar-refractivity contribution in [2.45, 2.75) is 45.2 Å². The minimum Gasteiger partial charge on any atom is -0.357 e. The van der Waals surface area contributed by atoms with E-state index < -0.39 is 0 Å². The second-order valence-corrected chi connectivity index (χ2v) is 8.15. The van der Waals surface area contributed by atoms with Crippen molar-refractivity contribution in [3.63, 3.8) is 0 Å². The number of hydrogen-bond acceptors (Lipinski definition) is 9. The van der Waals surface area contributed by atoms with E-state index in [1.807, 2.05) is 19.1 Å². The molecule has 1 amide bonds. The lowest BCUT2D eigenvalue weighted by molar-refractivity contribution is -0.126. The van der Waals surface area contributed by atoms with Crippen LogP contribution in [-0.2, 0) is 11.3 Å². The molecule has 1 aliphatic carbocycles. The number of amides is 1. The van der Waals surface area contributed by atoms with E-state index in [-0.39, 0.29) is 17.9 Å². The van der Waals surface area contributed by atoms with E-state index in [2.05, 4.69) is 51.5 Å². The zero-order valence-corrected chi connectivity index (χ0v) is 18.6. The maximum Gasteiger partial charge on any atom is 0.227 e. The maximum absolute atomic E-state index is 12.8. The second-order valence-electron chi connectivity index (χ2n) is 7.74. The number of carbonyl (C=O) groups excluding carboxylic acids is 1. The summed E-state index contributed by atoms with van der Waals surface area (Å²) in [5.74, 6) is 2.11. The van der Waals surface area contributed by atoms with Gasteiger partial charge in [-0.1, -0.05) is 30.2 Å². The van der Waals surface area contributed by atoms with E-state index in [9.17, 15) is 4.79 Å². The molecule has 32 heavy (non-hydrogen) atoms. The van der Waals surface area contributed by atoms with Crippen LogP contribution in [0.5, 0.6) is 0 Å². The summed E-state index contributed by atoms with van der Waals surface area (Å²) in [5, 5.41) is 23.7. The molecule has 2 aromatic heterocycles. The van der Waals surface area contributed by atoms with Gasteiger partial charge in [0.1, 0.15) is 5.82 Å². The number of hydrogen-bond donors (Lipinski definition) is 4. The highest BCUT2D eigenvalue weighted by Crippen LogP contribution is 2.27. The number of aromatic amines is 1. The number of tetrazole rings is 1. The highest BCUT2D eigenvalue weighted by Gasteiger charge is 2.28. The van der Waals surface area contributed by atoms with Gasteiger partial charge in [-0.3, -0.25) is 4.79 Å². The predicted octanol–water partition coefficient (Wildman–Crippen LogP) is 2.34. The lowest BCUT2D eigenvalue weighted by Crippen LogP contribution is -2.37. The van der Waals surface area contributed by atoms with Gasteiger partial charge in [0, 0.05) is 36.1 Å². The Morgan fingerprint density at radius 2 is 2.06 bits per heavy atom. The molecular weight excluding hydrogens is 432 g/mol. The molecule has 12 heteroatoms. The Labute approximate surface area is 190 Å². The zero-order valence-electron chi connectivity index (χ0n) is 17.9. The van der Waals surface area contributed by atoms with Crippen molar-refractivity contribution in [1.82, 2.24) is 40.9 Å². The van der Waals surface area contributed by atoms with E-state index in [0.717, 1.165) is 36.8 Å². The fourth-order valence-corrected chi connectivity index (χ4v) is 4.09. The molecule has 0 unspecified atom stereocenters. The first kappa shape index (κ1) is 21.9. The number of halogens is 1. The quantitative estimate of drug-likeness (QED) is 0.420. The van der Waals surface area contributed by atoms with Crippen molar-refractivity contribution in [3.8, 4) is 11.4 Å². The van der Waals surface area contributed by atoms with Crippen molar-refractivity contribution < 1.29 is 4.79 Å². The van der Waals surface area contributed by atoms with Crippen LogP contribution < -0.4 is 16.0 Å². The van der Waals surface area contributed by atoms with Gasteiger partial charge in [-0.25, -0.2) is 0 Å². The summed E-state index contributed by atoms with van der Waals surface area (Å²) in [6.07, 6.45) is 3.49. The molecule has 0 radical (unpaired) electrons. The Bertz CT molecular complexity index is 1070. The molecule has 1 saturated carbocycles. The van der Waals surface area contributed by atoms with Crippen molar-refractivity contribution in [2.24, 2.45) is 5.92 Å². The van der Waals surface area contributed by atoms with Gasteiger partial charge in [0.25, 0.3) is 0 Å². The lowest BCUT2D eigenvalue weighted by atomic mass is 9.85. The number of H-pyrrole nitrogens is 1. The largest absolute Gasteiger partial charge is 0.357 e. The maximum atomic E-state index is 12.8. The SMILES string of the molecule is CNc1nc(C)nc(N[C@H]2CCC[C@@H](C(=O)NCc3ccc(-c4nn[nH]n4)cc3Cl)C2)n1. The molecule has 11 nitrogen and oxygen atoms in total. The van der Waals surface area contributed by atoms with Gasteiger partial charge in [-0.05, 0) is 43.0 Å². The first-order valence-electron chi connectivity index (χ1n) is 10.5. The molecular formula is C20H25ClN10O. The average molecular weight is 457 g/mol. The highest BCUT2D eigenvalue weighted by molar-refractivity contribution is 6.31. The van der Waals surface area contributed by atoms with Crippen LogP contribution in [-0.4, -0.2) is 54.6 Å². The third-order valence-corrected chi connectivity index (χ3v) is 5.81. The number of carbonyl (C=O) groups is 1. The van der Waals surface area contributed by atoms with Gasteiger partial charge in [-0.2, -0.15) is 20.2 Å². The van der Waals surface area contributed by atoms with Gasteiger partial charge in [0.05, 0.1) is 0 Å². The number of rotatable bonds is 7. The smallest absolute Gasteiger partial charge is 0.227 e. The normalized spacial score (nSPS) is 18.2. The Morgan fingerprint density at radius 3 is 2.81 bits per heavy atom. The molecule has 4 rings (SSSR count). The van der Waals surface area contributed by atoms with Crippen LogP contribution in [0.25, 0.3) is 11.4 Å². The van der Waals surface area contributed by atoms with Gasteiger partial charge >= 0.3 is 0 Å². The number of nitrogens with zero attached hydrogens (tertiary/aromatic N) is 6. The summed E-state index contributed by atoms with van der Waals surface area (Å²) in [7, 11) is 1.77. The molecule has 2 heterocycles. The minimum atomic E-state index is -0.0784. The van der Waals surface area contributed by atoms with Crippen molar-refractivity contribution >= 4 is 29.4 Å². The van der Waals surface area contributed by atoms with Crippen LogP contribution in [0.3, 0.4) is 0 Å². The molecule has 168 valence electrons. The molecule has 0 bridgehead atoms. The number of aryl methyl sites for hydroxylation is 1. The van der Waals surface area contributed by atoms with Crippen molar-refractivity contribution in [3.05, 3.63) is 34.6 Å². The van der Waals surface area contributed by atoms with Crippen LogP contribution >= 0.6 is 11.6 Å². The van der Waals surface area contributed by atoms with Crippen LogP contribution in [0.4, 0.5) is 11.9 Å². The zero-order chi connectivity index (χ0) is 22.5. The number of nitrogens with one attached hydrogen (secondary N) is 4.